The number of anilines is 1. The SMILES string of the molecule is CC(Nc1ccc(C#N)c(Br)c1F)C1CC1. The Labute approximate surface area is 103 Å². The lowest BCUT2D eigenvalue weighted by Gasteiger charge is -2.15. The number of benzene rings is 1. The highest BCUT2D eigenvalue weighted by Crippen LogP contribution is 2.35. The Balaban J connectivity index is 2.21. The molecule has 0 aliphatic heterocycles. The van der Waals surface area contributed by atoms with Crippen molar-refractivity contribution in [2.24, 2.45) is 5.92 Å². The molecule has 1 aromatic rings. The first-order chi connectivity index (χ1) is 7.63. The van der Waals surface area contributed by atoms with Gasteiger partial charge in [0, 0.05) is 6.04 Å². The molecule has 0 amide bonds. The van der Waals surface area contributed by atoms with E-state index in [2.05, 4.69) is 28.2 Å². The van der Waals surface area contributed by atoms with Crippen LogP contribution in [0.3, 0.4) is 0 Å². The van der Waals surface area contributed by atoms with Crippen LogP contribution in [0.15, 0.2) is 16.6 Å². The zero-order valence-corrected chi connectivity index (χ0v) is 10.5. The van der Waals surface area contributed by atoms with E-state index in [-0.39, 0.29) is 16.3 Å². The third-order valence-electron chi connectivity index (χ3n) is 2.92. The molecular formula is C12H12BrFN2. The van der Waals surface area contributed by atoms with Gasteiger partial charge < -0.3 is 5.32 Å². The Morgan fingerprint density at radius 2 is 2.25 bits per heavy atom. The van der Waals surface area contributed by atoms with Crippen LogP contribution >= 0.6 is 15.9 Å². The van der Waals surface area contributed by atoms with E-state index in [1.165, 1.54) is 12.8 Å². The summed E-state index contributed by atoms with van der Waals surface area (Å²) in [6, 6.07) is 5.47. The molecule has 0 aromatic heterocycles. The Bertz CT molecular complexity index is 449. The molecule has 1 atom stereocenters. The van der Waals surface area contributed by atoms with Gasteiger partial charge in [-0.05, 0) is 53.7 Å². The van der Waals surface area contributed by atoms with Gasteiger partial charge in [0.2, 0.25) is 0 Å². The summed E-state index contributed by atoms with van der Waals surface area (Å²) in [5, 5.41) is 11.9. The first-order valence-electron chi connectivity index (χ1n) is 5.28. The van der Waals surface area contributed by atoms with Crippen molar-refractivity contribution in [1.82, 2.24) is 0 Å². The molecular weight excluding hydrogens is 271 g/mol. The molecule has 1 aliphatic carbocycles. The van der Waals surface area contributed by atoms with Crippen LogP contribution < -0.4 is 5.32 Å². The molecule has 2 nitrogen and oxygen atoms in total. The van der Waals surface area contributed by atoms with Crippen molar-refractivity contribution < 1.29 is 4.39 Å². The Morgan fingerprint density at radius 3 is 2.81 bits per heavy atom. The number of rotatable bonds is 3. The second kappa shape index (κ2) is 4.42. The Hall–Kier alpha value is -1.08. The summed E-state index contributed by atoms with van der Waals surface area (Å²) in [6.45, 7) is 2.06. The van der Waals surface area contributed by atoms with E-state index in [4.69, 9.17) is 5.26 Å². The van der Waals surface area contributed by atoms with E-state index in [1.54, 1.807) is 12.1 Å². The highest BCUT2D eigenvalue weighted by Gasteiger charge is 2.28. The molecule has 0 bridgehead atoms. The Kier molecular flexibility index (Phi) is 3.15. The third-order valence-corrected chi connectivity index (χ3v) is 3.69. The van der Waals surface area contributed by atoms with Gasteiger partial charge in [-0.1, -0.05) is 0 Å². The van der Waals surface area contributed by atoms with E-state index >= 15 is 0 Å². The quantitative estimate of drug-likeness (QED) is 0.918. The molecule has 1 unspecified atom stereocenters. The van der Waals surface area contributed by atoms with E-state index < -0.39 is 0 Å². The molecule has 0 heterocycles. The van der Waals surface area contributed by atoms with Crippen molar-refractivity contribution in [2.45, 2.75) is 25.8 Å². The molecule has 84 valence electrons. The molecule has 16 heavy (non-hydrogen) atoms. The fraction of sp³-hybridized carbons (Fsp3) is 0.417. The maximum atomic E-state index is 13.8. The maximum absolute atomic E-state index is 13.8. The zero-order valence-electron chi connectivity index (χ0n) is 8.93. The smallest absolute Gasteiger partial charge is 0.161 e. The average molecular weight is 283 g/mol. The summed E-state index contributed by atoms with van der Waals surface area (Å²) in [6.07, 6.45) is 2.43. The second-order valence-corrected chi connectivity index (χ2v) is 4.96. The van der Waals surface area contributed by atoms with Crippen LogP contribution in [0.1, 0.15) is 25.3 Å². The van der Waals surface area contributed by atoms with Crippen molar-refractivity contribution in [3.05, 3.63) is 28.0 Å². The number of nitrogens with one attached hydrogen (secondary N) is 1. The van der Waals surface area contributed by atoms with Gasteiger partial charge in [0.05, 0.1) is 15.7 Å². The summed E-state index contributed by atoms with van der Waals surface area (Å²) in [5.41, 5.74) is 0.785. The molecule has 0 spiro atoms. The van der Waals surface area contributed by atoms with Gasteiger partial charge in [-0.2, -0.15) is 5.26 Å². The number of nitrogens with zero attached hydrogens (tertiary/aromatic N) is 1. The Morgan fingerprint density at radius 1 is 1.56 bits per heavy atom. The second-order valence-electron chi connectivity index (χ2n) is 4.17. The molecule has 4 heteroatoms. The lowest BCUT2D eigenvalue weighted by atomic mass is 10.1. The van der Waals surface area contributed by atoms with E-state index in [1.807, 2.05) is 6.07 Å². The fourth-order valence-corrected chi connectivity index (χ4v) is 2.14. The largest absolute Gasteiger partial charge is 0.380 e. The van der Waals surface area contributed by atoms with Crippen LogP contribution in [0.4, 0.5) is 10.1 Å². The van der Waals surface area contributed by atoms with Gasteiger partial charge in [0.25, 0.3) is 0 Å². The third kappa shape index (κ3) is 2.19. The van der Waals surface area contributed by atoms with Gasteiger partial charge in [-0.25, -0.2) is 4.39 Å². The van der Waals surface area contributed by atoms with Crippen LogP contribution in [-0.4, -0.2) is 6.04 Å². The van der Waals surface area contributed by atoms with Gasteiger partial charge in [-0.3, -0.25) is 0 Å². The van der Waals surface area contributed by atoms with Crippen molar-refractivity contribution in [2.75, 3.05) is 5.32 Å². The first kappa shape index (κ1) is 11.4. The minimum absolute atomic E-state index is 0.239. The predicted octanol–water partition coefficient (Wildman–Crippen LogP) is 3.67. The average Bonchev–Trinajstić information content (AvgIpc) is 3.09. The monoisotopic (exact) mass is 282 g/mol. The van der Waals surface area contributed by atoms with Crippen LogP contribution in [0.25, 0.3) is 0 Å². The summed E-state index contributed by atoms with van der Waals surface area (Å²) >= 11 is 3.10. The minimum atomic E-state index is -0.383. The van der Waals surface area contributed by atoms with Crippen LogP contribution in [-0.2, 0) is 0 Å². The highest BCUT2D eigenvalue weighted by atomic mass is 79.9. The summed E-state index contributed by atoms with van der Waals surface area (Å²) in [5.74, 6) is 0.278. The molecule has 1 fully saturated rings. The number of nitriles is 1. The summed E-state index contributed by atoms with van der Waals surface area (Å²) in [7, 11) is 0. The number of hydrogen-bond acceptors (Lipinski definition) is 2. The maximum Gasteiger partial charge on any atom is 0.161 e. The van der Waals surface area contributed by atoms with Crippen molar-refractivity contribution >= 4 is 21.6 Å². The molecule has 1 saturated carbocycles. The first-order valence-corrected chi connectivity index (χ1v) is 6.07. The van der Waals surface area contributed by atoms with Gasteiger partial charge in [0.1, 0.15) is 6.07 Å². The lowest BCUT2D eigenvalue weighted by Crippen LogP contribution is -2.18. The molecule has 2 rings (SSSR count). The standard InChI is InChI=1S/C12H12BrFN2/c1-7(8-2-3-8)16-10-5-4-9(6-15)11(13)12(10)14/h4-5,7-8,16H,2-3H2,1H3. The van der Waals surface area contributed by atoms with Crippen LogP contribution in [0.5, 0.6) is 0 Å². The molecule has 1 N–H and O–H groups in total. The normalized spacial score (nSPS) is 16.6. The fourth-order valence-electron chi connectivity index (χ4n) is 1.71. The van der Waals surface area contributed by atoms with E-state index in [0.717, 1.165) is 0 Å². The topological polar surface area (TPSA) is 35.8 Å². The van der Waals surface area contributed by atoms with E-state index in [0.29, 0.717) is 17.2 Å². The van der Waals surface area contributed by atoms with Gasteiger partial charge >= 0.3 is 0 Å². The minimum Gasteiger partial charge on any atom is -0.380 e. The molecule has 1 aromatic carbocycles. The molecule has 1 aliphatic rings. The summed E-state index contributed by atoms with van der Waals surface area (Å²) in [4.78, 5) is 0. The number of halogens is 2. The van der Waals surface area contributed by atoms with Gasteiger partial charge in [0.15, 0.2) is 5.82 Å². The molecule has 0 radical (unpaired) electrons. The van der Waals surface area contributed by atoms with Crippen LogP contribution in [0.2, 0.25) is 0 Å². The lowest BCUT2D eigenvalue weighted by molar-refractivity contribution is 0.613. The zero-order chi connectivity index (χ0) is 11.7. The molecule has 0 saturated heterocycles. The van der Waals surface area contributed by atoms with Gasteiger partial charge in [-0.15, -0.1) is 0 Å². The van der Waals surface area contributed by atoms with Crippen molar-refractivity contribution in [1.29, 1.82) is 5.26 Å². The highest BCUT2D eigenvalue weighted by molar-refractivity contribution is 9.10. The number of hydrogen-bond donors (Lipinski definition) is 1. The van der Waals surface area contributed by atoms with Crippen molar-refractivity contribution in [3.63, 3.8) is 0 Å². The van der Waals surface area contributed by atoms with E-state index in [9.17, 15) is 4.39 Å². The van der Waals surface area contributed by atoms with Crippen molar-refractivity contribution in [3.8, 4) is 6.07 Å². The summed E-state index contributed by atoms with van der Waals surface area (Å²) < 4.78 is 14.1. The van der Waals surface area contributed by atoms with Crippen LogP contribution in [0, 0.1) is 23.1 Å². The predicted molar refractivity (Wildman–Crippen MR) is 64.6 cm³/mol.